The molecule has 0 fully saturated rings. The van der Waals surface area contributed by atoms with Crippen LogP contribution in [-0.4, -0.2) is 36.8 Å². The van der Waals surface area contributed by atoms with Gasteiger partial charge in [0.1, 0.15) is 0 Å². The number of alkyl halides is 3. The predicted octanol–water partition coefficient (Wildman–Crippen LogP) is 1.61. The molecule has 0 aromatic carbocycles. The molecule has 5 heteroatoms. The van der Waals surface area contributed by atoms with Crippen LogP contribution in [0.1, 0.15) is 20.3 Å². The van der Waals surface area contributed by atoms with Crippen LogP contribution >= 0.6 is 0 Å². The number of halogens is 3. The molecule has 2 atom stereocenters. The lowest BCUT2D eigenvalue weighted by Gasteiger charge is -2.29. The molecule has 0 aromatic heterocycles. The molecule has 0 heterocycles. The van der Waals surface area contributed by atoms with Gasteiger partial charge in [-0.1, -0.05) is 6.92 Å². The molecule has 13 heavy (non-hydrogen) atoms. The van der Waals surface area contributed by atoms with Gasteiger partial charge in [-0.3, -0.25) is 4.90 Å². The van der Waals surface area contributed by atoms with E-state index in [4.69, 9.17) is 5.73 Å². The third-order valence-electron chi connectivity index (χ3n) is 2.21. The van der Waals surface area contributed by atoms with Gasteiger partial charge in [0.15, 0.2) is 0 Å². The largest absolute Gasteiger partial charge is 0.401 e. The van der Waals surface area contributed by atoms with Crippen LogP contribution in [0, 0.1) is 0 Å². The standard InChI is InChI=1S/C8H17F3N2/c1-4-7(12)6(2)13(3)5-8(9,10)11/h6-7H,4-5,12H2,1-3H3. The fourth-order valence-electron chi connectivity index (χ4n) is 1.09. The molecule has 2 nitrogen and oxygen atoms in total. The van der Waals surface area contributed by atoms with Gasteiger partial charge in [0, 0.05) is 12.1 Å². The first-order valence-electron chi connectivity index (χ1n) is 4.30. The van der Waals surface area contributed by atoms with E-state index >= 15 is 0 Å². The second-order valence-corrected chi connectivity index (χ2v) is 3.34. The van der Waals surface area contributed by atoms with Gasteiger partial charge in [-0.15, -0.1) is 0 Å². The number of rotatable bonds is 4. The summed E-state index contributed by atoms with van der Waals surface area (Å²) in [6, 6.07) is -0.445. The Morgan fingerprint density at radius 1 is 1.38 bits per heavy atom. The van der Waals surface area contributed by atoms with Gasteiger partial charge in [-0.2, -0.15) is 13.2 Å². The molecule has 0 aliphatic rings. The van der Waals surface area contributed by atoms with Crippen molar-refractivity contribution in [2.24, 2.45) is 5.73 Å². The molecule has 0 spiro atoms. The Balaban J connectivity index is 4.03. The highest BCUT2D eigenvalue weighted by atomic mass is 19.4. The van der Waals surface area contributed by atoms with Gasteiger partial charge in [-0.25, -0.2) is 0 Å². The summed E-state index contributed by atoms with van der Waals surface area (Å²) in [5, 5.41) is 0. The normalized spacial score (nSPS) is 17.5. The van der Waals surface area contributed by atoms with Crippen LogP contribution in [0.2, 0.25) is 0 Å². The number of nitrogens with zero attached hydrogens (tertiary/aromatic N) is 1. The zero-order valence-electron chi connectivity index (χ0n) is 8.23. The van der Waals surface area contributed by atoms with E-state index in [1.54, 1.807) is 6.92 Å². The summed E-state index contributed by atoms with van der Waals surface area (Å²) < 4.78 is 35.9. The first kappa shape index (κ1) is 12.7. The lowest BCUT2D eigenvalue weighted by Crippen LogP contribution is -2.47. The van der Waals surface area contributed by atoms with E-state index in [0.29, 0.717) is 6.42 Å². The predicted molar refractivity (Wildman–Crippen MR) is 46.4 cm³/mol. The summed E-state index contributed by atoms with van der Waals surface area (Å²) in [5.74, 6) is 0. The molecular weight excluding hydrogens is 181 g/mol. The Morgan fingerprint density at radius 2 is 1.85 bits per heavy atom. The molecule has 0 aliphatic heterocycles. The van der Waals surface area contributed by atoms with E-state index in [0.717, 1.165) is 0 Å². The average Bonchev–Trinajstić information content (AvgIpc) is 1.98. The quantitative estimate of drug-likeness (QED) is 0.743. The van der Waals surface area contributed by atoms with E-state index in [-0.39, 0.29) is 12.1 Å². The maximum absolute atomic E-state index is 12.0. The fraction of sp³-hybridized carbons (Fsp3) is 1.00. The van der Waals surface area contributed by atoms with Crippen LogP contribution in [0.3, 0.4) is 0 Å². The molecule has 0 radical (unpaired) electrons. The summed E-state index contributed by atoms with van der Waals surface area (Å²) in [7, 11) is 1.44. The second-order valence-electron chi connectivity index (χ2n) is 3.34. The zero-order chi connectivity index (χ0) is 10.6. The maximum Gasteiger partial charge on any atom is 0.401 e. The van der Waals surface area contributed by atoms with Crippen LogP contribution < -0.4 is 5.73 Å². The lowest BCUT2D eigenvalue weighted by molar-refractivity contribution is -0.147. The van der Waals surface area contributed by atoms with Crippen molar-refractivity contribution in [3.8, 4) is 0 Å². The molecule has 0 rings (SSSR count). The number of hydrogen-bond acceptors (Lipinski definition) is 2. The van der Waals surface area contributed by atoms with E-state index in [1.165, 1.54) is 11.9 Å². The SMILES string of the molecule is CCC(N)C(C)N(C)CC(F)(F)F. The molecule has 0 saturated carbocycles. The zero-order valence-corrected chi connectivity index (χ0v) is 8.23. The minimum absolute atomic E-state index is 0.202. The average molecular weight is 198 g/mol. The van der Waals surface area contributed by atoms with Crippen LogP contribution in [0.15, 0.2) is 0 Å². The molecular formula is C8H17F3N2. The van der Waals surface area contributed by atoms with Crippen LogP contribution in [0.25, 0.3) is 0 Å². The fourth-order valence-corrected chi connectivity index (χ4v) is 1.09. The van der Waals surface area contributed by atoms with Gasteiger partial charge in [0.25, 0.3) is 0 Å². The van der Waals surface area contributed by atoms with Crippen molar-refractivity contribution >= 4 is 0 Å². The molecule has 0 bridgehead atoms. The van der Waals surface area contributed by atoms with Crippen LogP contribution in [-0.2, 0) is 0 Å². The van der Waals surface area contributed by atoms with Gasteiger partial charge in [0.05, 0.1) is 6.54 Å². The van der Waals surface area contributed by atoms with E-state index in [2.05, 4.69) is 0 Å². The summed E-state index contributed by atoms with van der Waals surface area (Å²) in [5.41, 5.74) is 5.63. The Labute approximate surface area is 76.9 Å². The summed E-state index contributed by atoms with van der Waals surface area (Å²) in [6.07, 6.45) is -3.46. The Bertz CT molecular complexity index is 147. The van der Waals surface area contributed by atoms with Crippen molar-refractivity contribution in [2.45, 2.75) is 38.5 Å². The van der Waals surface area contributed by atoms with Gasteiger partial charge in [-0.05, 0) is 20.4 Å². The van der Waals surface area contributed by atoms with Crippen molar-refractivity contribution < 1.29 is 13.2 Å². The highest BCUT2D eigenvalue weighted by molar-refractivity contribution is 4.76. The third-order valence-corrected chi connectivity index (χ3v) is 2.21. The van der Waals surface area contributed by atoms with Crippen LogP contribution in [0.4, 0.5) is 13.2 Å². The van der Waals surface area contributed by atoms with Crippen molar-refractivity contribution in [3.63, 3.8) is 0 Å². The highest BCUT2D eigenvalue weighted by Crippen LogP contribution is 2.17. The highest BCUT2D eigenvalue weighted by Gasteiger charge is 2.31. The van der Waals surface area contributed by atoms with Crippen LogP contribution in [0.5, 0.6) is 0 Å². The summed E-state index contributed by atoms with van der Waals surface area (Å²) in [4.78, 5) is 1.23. The van der Waals surface area contributed by atoms with Crippen molar-refractivity contribution in [1.29, 1.82) is 0 Å². The smallest absolute Gasteiger partial charge is 0.326 e. The molecule has 2 unspecified atom stereocenters. The maximum atomic E-state index is 12.0. The van der Waals surface area contributed by atoms with Crippen molar-refractivity contribution in [1.82, 2.24) is 4.90 Å². The lowest BCUT2D eigenvalue weighted by atomic mass is 10.1. The van der Waals surface area contributed by atoms with E-state index < -0.39 is 12.7 Å². The first-order valence-corrected chi connectivity index (χ1v) is 4.30. The van der Waals surface area contributed by atoms with Crippen molar-refractivity contribution in [3.05, 3.63) is 0 Å². The molecule has 0 saturated heterocycles. The molecule has 0 aromatic rings. The Morgan fingerprint density at radius 3 is 2.15 bits per heavy atom. The molecule has 0 aliphatic carbocycles. The third kappa shape index (κ3) is 5.10. The van der Waals surface area contributed by atoms with E-state index in [1.807, 2.05) is 6.92 Å². The topological polar surface area (TPSA) is 29.3 Å². The number of likely N-dealkylation sites (N-methyl/N-ethyl adjacent to an activating group) is 1. The molecule has 80 valence electrons. The number of hydrogen-bond donors (Lipinski definition) is 1. The monoisotopic (exact) mass is 198 g/mol. The first-order chi connectivity index (χ1) is 5.78. The van der Waals surface area contributed by atoms with Crippen molar-refractivity contribution in [2.75, 3.05) is 13.6 Å². The summed E-state index contributed by atoms with van der Waals surface area (Å²) in [6.45, 7) is 2.67. The second kappa shape index (κ2) is 4.81. The summed E-state index contributed by atoms with van der Waals surface area (Å²) >= 11 is 0. The minimum Gasteiger partial charge on any atom is -0.326 e. The van der Waals surface area contributed by atoms with E-state index in [9.17, 15) is 13.2 Å². The van der Waals surface area contributed by atoms with Gasteiger partial charge in [0.2, 0.25) is 0 Å². The van der Waals surface area contributed by atoms with Gasteiger partial charge < -0.3 is 5.73 Å². The van der Waals surface area contributed by atoms with Gasteiger partial charge >= 0.3 is 6.18 Å². The Hall–Kier alpha value is -0.290. The Kier molecular flexibility index (Phi) is 4.70. The minimum atomic E-state index is -4.14. The molecule has 2 N–H and O–H groups in total. The molecule has 0 amide bonds. The number of nitrogens with two attached hydrogens (primary N) is 1.